The molecule has 68 heavy (non-hydrogen) atoms. The van der Waals surface area contributed by atoms with Crippen LogP contribution in [0.15, 0.2) is 60.7 Å². The highest BCUT2D eigenvalue weighted by molar-refractivity contribution is 5.97. The van der Waals surface area contributed by atoms with E-state index in [4.69, 9.17) is 29.4 Å². The van der Waals surface area contributed by atoms with Gasteiger partial charge in [0.1, 0.15) is 31.9 Å². The van der Waals surface area contributed by atoms with Crippen molar-refractivity contribution < 1.29 is 52.5 Å². The highest BCUT2D eigenvalue weighted by atomic mass is 16.5. The molecular formula is C53H84N4O11. The van der Waals surface area contributed by atoms with Gasteiger partial charge in [0, 0.05) is 13.2 Å². The van der Waals surface area contributed by atoms with Gasteiger partial charge in [-0.05, 0) is 30.9 Å². The molecule has 0 heterocycles. The Balaban J connectivity index is 2.10. The van der Waals surface area contributed by atoms with Crippen molar-refractivity contribution in [2.45, 2.75) is 174 Å². The number of nitrogens with one attached hydrogen (secondary N) is 3. The number of unbranched alkanes of at least 4 members (excludes halogenated alkanes) is 15. The first-order chi connectivity index (χ1) is 33.0. The third-order valence-electron chi connectivity index (χ3n) is 11.4. The van der Waals surface area contributed by atoms with E-state index in [1.54, 1.807) is 54.6 Å². The molecule has 5 N–H and O–H groups in total. The lowest BCUT2D eigenvalue weighted by atomic mass is 9.88. The van der Waals surface area contributed by atoms with Gasteiger partial charge in [-0.2, -0.15) is 0 Å². The second kappa shape index (κ2) is 39.2. The van der Waals surface area contributed by atoms with E-state index in [0.717, 1.165) is 32.1 Å². The smallest absolute Gasteiger partial charge is 0.329 e. The summed E-state index contributed by atoms with van der Waals surface area (Å²) in [6, 6.07) is 13.5. The second-order valence-corrected chi connectivity index (χ2v) is 17.5. The number of Topliss-reactive ketones (excluding diaryl/α,β-unsaturated/α-hetero) is 1. The maximum atomic E-state index is 13.9. The van der Waals surface area contributed by atoms with Gasteiger partial charge in [-0.15, -0.1) is 0 Å². The molecule has 0 saturated heterocycles. The molecule has 4 atom stereocenters. The van der Waals surface area contributed by atoms with Crippen LogP contribution >= 0.6 is 0 Å². The molecule has 2 unspecified atom stereocenters. The molecule has 0 aliphatic rings. The monoisotopic (exact) mass is 953 g/mol. The van der Waals surface area contributed by atoms with Gasteiger partial charge in [-0.25, -0.2) is 4.79 Å². The van der Waals surface area contributed by atoms with Crippen LogP contribution in [0.3, 0.4) is 0 Å². The number of esters is 2. The van der Waals surface area contributed by atoms with Crippen molar-refractivity contribution in [2.75, 3.05) is 46.2 Å². The predicted octanol–water partition coefficient (Wildman–Crippen LogP) is 7.59. The summed E-state index contributed by atoms with van der Waals surface area (Å²) in [5.41, 5.74) is 7.37. The summed E-state index contributed by atoms with van der Waals surface area (Å²) in [5.74, 6) is -6.12. The van der Waals surface area contributed by atoms with E-state index in [2.05, 4.69) is 29.8 Å². The highest BCUT2D eigenvalue weighted by Crippen LogP contribution is 2.19. The second-order valence-electron chi connectivity index (χ2n) is 17.5. The lowest BCUT2D eigenvalue weighted by Gasteiger charge is -2.27. The third-order valence-corrected chi connectivity index (χ3v) is 11.4. The van der Waals surface area contributed by atoms with Crippen molar-refractivity contribution in [3.63, 3.8) is 0 Å². The molecule has 3 amide bonds. The van der Waals surface area contributed by atoms with Crippen molar-refractivity contribution in [2.24, 2.45) is 11.7 Å². The standard InChI is InChI=1S/C53H84N4O11/c1-4-6-8-10-11-12-13-14-15-16-17-25-31-55-52(62)46(56-48(59)41-66-36-35-65-34-33-64-32-26-18-9-7-5-2)38-47(58)57-50(53(63)68-40-44-29-23-20-24-30-44)45(51(61)42(3)54)37-49(60)67-39-43-27-21-19-22-28-43/h19-24,27-30,42,45-46,50H,4-18,25-26,31-41,54H2,1-3H3,(H,55,62)(H,56,59)(H,57,58)/t42-,45?,46?,50-/m0/s1. The van der Waals surface area contributed by atoms with Crippen molar-refractivity contribution in [1.82, 2.24) is 16.0 Å². The molecule has 0 aliphatic heterocycles. The minimum atomic E-state index is -1.70. The van der Waals surface area contributed by atoms with Gasteiger partial charge in [-0.1, -0.05) is 171 Å². The summed E-state index contributed by atoms with van der Waals surface area (Å²) in [7, 11) is 0. The molecular weight excluding hydrogens is 869 g/mol. The molecule has 0 spiro atoms. The summed E-state index contributed by atoms with van der Waals surface area (Å²) in [6.45, 7) is 7.30. The molecule has 0 saturated carbocycles. The number of carbonyl (C=O) groups is 6. The average Bonchev–Trinajstić information content (AvgIpc) is 3.34. The highest BCUT2D eigenvalue weighted by Gasteiger charge is 2.40. The zero-order valence-corrected chi connectivity index (χ0v) is 41.4. The van der Waals surface area contributed by atoms with Crippen LogP contribution in [0.2, 0.25) is 0 Å². The van der Waals surface area contributed by atoms with Crippen molar-refractivity contribution in [1.29, 1.82) is 0 Å². The van der Waals surface area contributed by atoms with E-state index < -0.39 is 78.9 Å². The Labute approximate surface area is 406 Å². The number of hydrogen-bond acceptors (Lipinski definition) is 12. The van der Waals surface area contributed by atoms with Crippen LogP contribution < -0.4 is 21.7 Å². The number of carbonyl (C=O) groups excluding carboxylic acids is 6. The van der Waals surface area contributed by atoms with E-state index >= 15 is 0 Å². The molecule has 2 rings (SSSR count). The van der Waals surface area contributed by atoms with Crippen LogP contribution in [0.25, 0.3) is 0 Å². The van der Waals surface area contributed by atoms with Crippen LogP contribution in [0.1, 0.15) is 154 Å². The summed E-state index contributed by atoms with van der Waals surface area (Å²) in [4.78, 5) is 81.5. The summed E-state index contributed by atoms with van der Waals surface area (Å²) in [6.07, 6.45) is 18.4. The normalized spacial score (nSPS) is 12.9. The van der Waals surface area contributed by atoms with Crippen molar-refractivity contribution >= 4 is 35.4 Å². The Morgan fingerprint density at radius 3 is 1.57 bits per heavy atom. The van der Waals surface area contributed by atoms with Crippen molar-refractivity contribution in [3.05, 3.63) is 71.8 Å². The maximum Gasteiger partial charge on any atom is 0.329 e. The van der Waals surface area contributed by atoms with Crippen molar-refractivity contribution in [3.8, 4) is 0 Å². The Bertz CT molecular complexity index is 1660. The summed E-state index contributed by atoms with van der Waals surface area (Å²) in [5, 5.41) is 7.99. The van der Waals surface area contributed by atoms with Crippen LogP contribution in [-0.4, -0.2) is 99.8 Å². The topological polar surface area (TPSA) is 211 Å². The van der Waals surface area contributed by atoms with Gasteiger partial charge >= 0.3 is 11.9 Å². The zero-order valence-electron chi connectivity index (χ0n) is 41.4. The largest absolute Gasteiger partial charge is 0.461 e. The molecule has 0 aliphatic carbocycles. The van der Waals surface area contributed by atoms with Gasteiger partial charge in [0.25, 0.3) is 0 Å². The number of ether oxygens (including phenoxy) is 5. The fraction of sp³-hybridized carbons (Fsp3) is 0.660. The number of amides is 3. The number of nitrogens with two attached hydrogens (primary N) is 1. The van der Waals surface area contributed by atoms with Crippen LogP contribution in [0.5, 0.6) is 0 Å². The Hall–Kier alpha value is -4.70. The fourth-order valence-electron chi connectivity index (χ4n) is 7.42. The maximum absolute atomic E-state index is 13.9. The van der Waals surface area contributed by atoms with E-state index in [1.165, 1.54) is 77.6 Å². The lowest BCUT2D eigenvalue weighted by molar-refractivity contribution is -0.156. The first-order valence-corrected chi connectivity index (χ1v) is 25.3. The minimum Gasteiger partial charge on any atom is -0.461 e. The number of rotatable bonds is 42. The average molecular weight is 953 g/mol. The number of ketones is 1. The molecule has 0 bridgehead atoms. The zero-order chi connectivity index (χ0) is 49.5. The van der Waals surface area contributed by atoms with Crippen LogP contribution in [0.4, 0.5) is 0 Å². The number of benzene rings is 2. The molecule has 2 aromatic rings. The van der Waals surface area contributed by atoms with Gasteiger partial charge in [0.2, 0.25) is 17.7 Å². The Kier molecular flexibility index (Phi) is 34.2. The quantitative estimate of drug-likeness (QED) is 0.0375. The molecule has 15 nitrogen and oxygen atoms in total. The first kappa shape index (κ1) is 59.4. The lowest BCUT2D eigenvalue weighted by Crippen LogP contribution is -2.55. The van der Waals surface area contributed by atoms with E-state index in [-0.39, 0.29) is 26.4 Å². The van der Waals surface area contributed by atoms with Gasteiger partial charge in [0.15, 0.2) is 5.78 Å². The third kappa shape index (κ3) is 29.2. The van der Waals surface area contributed by atoms with Gasteiger partial charge in [0.05, 0.1) is 51.2 Å². The molecule has 15 heteroatoms. The van der Waals surface area contributed by atoms with Crippen LogP contribution in [0, 0.1) is 5.92 Å². The van der Waals surface area contributed by atoms with E-state index in [0.29, 0.717) is 43.9 Å². The number of hydrogen-bond donors (Lipinski definition) is 4. The molecule has 0 fully saturated rings. The van der Waals surface area contributed by atoms with E-state index in [1.807, 2.05) is 6.07 Å². The minimum absolute atomic E-state index is 0.0883. The molecule has 0 aromatic heterocycles. The fourth-order valence-corrected chi connectivity index (χ4v) is 7.42. The predicted molar refractivity (Wildman–Crippen MR) is 263 cm³/mol. The van der Waals surface area contributed by atoms with Gasteiger partial charge in [-0.3, -0.25) is 24.0 Å². The Morgan fingerprint density at radius 2 is 1.03 bits per heavy atom. The summed E-state index contributed by atoms with van der Waals surface area (Å²) >= 11 is 0. The molecule has 2 aromatic carbocycles. The Morgan fingerprint density at radius 1 is 0.544 bits per heavy atom. The molecule has 0 radical (unpaired) electrons. The first-order valence-electron chi connectivity index (χ1n) is 25.3. The molecule has 382 valence electrons. The van der Waals surface area contributed by atoms with Gasteiger partial charge < -0.3 is 45.4 Å². The summed E-state index contributed by atoms with van der Waals surface area (Å²) < 4.78 is 27.7. The SMILES string of the molecule is CCCCCCCCCCCCCCNC(=O)C(CC(=O)N[C@H](C(=O)OCc1ccccc1)C(CC(=O)OCc1ccccc1)C(=O)[C@H](C)N)NC(=O)COCCOCCOCCCCCCC. The van der Waals surface area contributed by atoms with E-state index in [9.17, 15) is 28.8 Å². The van der Waals surface area contributed by atoms with Crippen LogP contribution in [-0.2, 0) is 65.7 Å².